The number of aliphatic hydroxyl groups is 1. The predicted molar refractivity (Wildman–Crippen MR) is 72.9 cm³/mol. The molecule has 1 aromatic rings. The van der Waals surface area contributed by atoms with Crippen LogP contribution in [0.5, 0.6) is 0 Å². The lowest BCUT2D eigenvalue weighted by atomic mass is 10.2. The molecule has 0 aliphatic carbocycles. The molecule has 0 saturated heterocycles. The highest BCUT2D eigenvalue weighted by atomic mass is 19.1. The quantitative estimate of drug-likeness (QED) is 0.697. The van der Waals surface area contributed by atoms with Crippen LogP contribution in [-0.4, -0.2) is 60.5 Å². The number of urea groups is 1. The number of aliphatic hydroxyl groups excluding tert-OH is 1. The lowest BCUT2D eigenvalue weighted by molar-refractivity contribution is 0.0692. The molecular formula is C13H17FN2O5. The second-order valence-electron chi connectivity index (χ2n) is 4.13. The number of carboxylic acid groups (broad SMARTS) is 1. The van der Waals surface area contributed by atoms with Gasteiger partial charge in [0.2, 0.25) is 0 Å². The predicted octanol–water partition coefficient (Wildman–Crippen LogP) is 0.997. The van der Waals surface area contributed by atoms with Crippen molar-refractivity contribution < 1.29 is 28.9 Å². The van der Waals surface area contributed by atoms with E-state index >= 15 is 0 Å². The molecule has 0 bridgehead atoms. The Bertz CT molecular complexity index is 509. The molecule has 1 aromatic carbocycles. The van der Waals surface area contributed by atoms with Gasteiger partial charge < -0.3 is 25.2 Å². The van der Waals surface area contributed by atoms with Crippen LogP contribution in [0, 0.1) is 5.82 Å². The number of carbonyl (C=O) groups is 2. The molecule has 0 fully saturated rings. The van der Waals surface area contributed by atoms with Crippen LogP contribution in [-0.2, 0) is 4.74 Å². The van der Waals surface area contributed by atoms with Gasteiger partial charge in [0.05, 0.1) is 18.8 Å². The van der Waals surface area contributed by atoms with Crippen LogP contribution in [0.4, 0.5) is 14.9 Å². The Balaban J connectivity index is 2.80. The van der Waals surface area contributed by atoms with Gasteiger partial charge in [-0.3, -0.25) is 0 Å². The third-order valence-electron chi connectivity index (χ3n) is 2.67. The monoisotopic (exact) mass is 300 g/mol. The molecule has 0 aromatic heterocycles. The van der Waals surface area contributed by atoms with Gasteiger partial charge in [0, 0.05) is 25.9 Å². The van der Waals surface area contributed by atoms with Crippen molar-refractivity contribution in [3.63, 3.8) is 0 Å². The van der Waals surface area contributed by atoms with Crippen LogP contribution in [0.1, 0.15) is 10.4 Å². The summed E-state index contributed by atoms with van der Waals surface area (Å²) in [5.41, 5.74) is -0.377. The van der Waals surface area contributed by atoms with Crippen LogP contribution < -0.4 is 5.32 Å². The van der Waals surface area contributed by atoms with Crippen LogP contribution in [0.25, 0.3) is 0 Å². The Kier molecular flexibility index (Phi) is 6.57. The fourth-order valence-electron chi connectivity index (χ4n) is 1.61. The van der Waals surface area contributed by atoms with Gasteiger partial charge in [-0.15, -0.1) is 0 Å². The molecule has 0 saturated carbocycles. The Morgan fingerprint density at radius 1 is 1.38 bits per heavy atom. The van der Waals surface area contributed by atoms with Crippen molar-refractivity contribution >= 4 is 17.7 Å². The zero-order chi connectivity index (χ0) is 15.8. The van der Waals surface area contributed by atoms with Gasteiger partial charge in [0.1, 0.15) is 5.82 Å². The van der Waals surface area contributed by atoms with Gasteiger partial charge in [-0.1, -0.05) is 0 Å². The summed E-state index contributed by atoms with van der Waals surface area (Å²) in [5, 5.41) is 20.2. The molecule has 0 atom stereocenters. The van der Waals surface area contributed by atoms with Gasteiger partial charge in [-0.2, -0.15) is 0 Å². The number of hydrogen-bond acceptors (Lipinski definition) is 4. The standard InChI is InChI=1S/C13H17FN2O5/c1-21-7-5-16(4-6-17)13(20)15-9-2-3-11(14)10(8-9)12(18)19/h2-3,8,17H,4-7H2,1H3,(H,15,20)(H,18,19). The highest BCUT2D eigenvalue weighted by Crippen LogP contribution is 2.15. The van der Waals surface area contributed by atoms with Crippen molar-refractivity contribution in [2.45, 2.75) is 0 Å². The molecule has 0 aliphatic heterocycles. The first-order chi connectivity index (χ1) is 9.99. The summed E-state index contributed by atoms with van der Waals surface area (Å²) in [4.78, 5) is 24.1. The molecule has 7 nitrogen and oxygen atoms in total. The largest absolute Gasteiger partial charge is 0.478 e. The van der Waals surface area contributed by atoms with Crippen molar-refractivity contribution in [2.24, 2.45) is 0 Å². The van der Waals surface area contributed by atoms with Crippen molar-refractivity contribution in [3.8, 4) is 0 Å². The Morgan fingerprint density at radius 2 is 2.10 bits per heavy atom. The highest BCUT2D eigenvalue weighted by Gasteiger charge is 2.15. The topological polar surface area (TPSA) is 99.1 Å². The van der Waals surface area contributed by atoms with Gasteiger partial charge in [-0.05, 0) is 18.2 Å². The minimum Gasteiger partial charge on any atom is -0.478 e. The van der Waals surface area contributed by atoms with E-state index < -0.39 is 23.4 Å². The summed E-state index contributed by atoms with van der Waals surface area (Å²) >= 11 is 0. The third-order valence-corrected chi connectivity index (χ3v) is 2.67. The van der Waals surface area contributed by atoms with Crippen LogP contribution in [0.2, 0.25) is 0 Å². The second kappa shape index (κ2) is 8.18. The number of nitrogens with zero attached hydrogens (tertiary/aromatic N) is 1. The number of anilines is 1. The zero-order valence-corrected chi connectivity index (χ0v) is 11.5. The normalized spacial score (nSPS) is 10.2. The second-order valence-corrected chi connectivity index (χ2v) is 4.13. The van der Waals surface area contributed by atoms with E-state index in [0.29, 0.717) is 0 Å². The summed E-state index contributed by atoms with van der Waals surface area (Å²) < 4.78 is 18.1. The molecule has 0 heterocycles. The summed E-state index contributed by atoms with van der Waals surface area (Å²) in [6.45, 7) is 0.427. The highest BCUT2D eigenvalue weighted by molar-refractivity contribution is 5.93. The maximum absolute atomic E-state index is 13.3. The van der Waals surface area contributed by atoms with E-state index in [9.17, 15) is 14.0 Å². The number of halogens is 1. The molecule has 116 valence electrons. The summed E-state index contributed by atoms with van der Waals surface area (Å²) in [6.07, 6.45) is 0. The minimum absolute atomic E-state index is 0.0994. The number of rotatable bonds is 7. The van der Waals surface area contributed by atoms with E-state index in [-0.39, 0.29) is 32.0 Å². The van der Waals surface area contributed by atoms with Crippen molar-refractivity contribution in [1.82, 2.24) is 4.90 Å². The number of amides is 2. The maximum Gasteiger partial charge on any atom is 0.338 e. The van der Waals surface area contributed by atoms with E-state index in [0.717, 1.165) is 12.1 Å². The summed E-state index contributed by atoms with van der Waals surface area (Å²) in [7, 11) is 1.48. The molecule has 0 radical (unpaired) electrons. The number of aromatic carboxylic acids is 1. The molecule has 3 N–H and O–H groups in total. The number of hydrogen-bond donors (Lipinski definition) is 3. The first-order valence-corrected chi connectivity index (χ1v) is 6.18. The number of ether oxygens (including phenoxy) is 1. The molecule has 21 heavy (non-hydrogen) atoms. The Morgan fingerprint density at radius 3 is 2.67 bits per heavy atom. The number of nitrogens with one attached hydrogen (secondary N) is 1. The number of carbonyl (C=O) groups excluding carboxylic acids is 1. The van der Waals surface area contributed by atoms with Crippen LogP contribution in [0.3, 0.4) is 0 Å². The smallest absolute Gasteiger partial charge is 0.338 e. The average molecular weight is 300 g/mol. The average Bonchev–Trinajstić information content (AvgIpc) is 2.45. The van der Waals surface area contributed by atoms with Gasteiger partial charge in [-0.25, -0.2) is 14.0 Å². The molecule has 8 heteroatoms. The van der Waals surface area contributed by atoms with Crippen LogP contribution >= 0.6 is 0 Å². The molecule has 2 amide bonds. The first kappa shape index (κ1) is 16.9. The lowest BCUT2D eigenvalue weighted by Crippen LogP contribution is -2.39. The summed E-state index contributed by atoms with van der Waals surface area (Å²) in [5.74, 6) is -2.30. The van der Waals surface area contributed by atoms with Crippen molar-refractivity contribution in [1.29, 1.82) is 0 Å². The molecular weight excluding hydrogens is 283 g/mol. The molecule has 0 aliphatic rings. The molecule has 0 spiro atoms. The molecule has 0 unspecified atom stereocenters. The lowest BCUT2D eigenvalue weighted by Gasteiger charge is -2.21. The fraction of sp³-hybridized carbons (Fsp3) is 0.385. The summed E-state index contributed by atoms with van der Waals surface area (Å²) in [6, 6.07) is 2.71. The van der Waals surface area contributed by atoms with E-state index in [4.69, 9.17) is 14.9 Å². The fourth-order valence-corrected chi connectivity index (χ4v) is 1.61. The van der Waals surface area contributed by atoms with Gasteiger partial charge >= 0.3 is 12.0 Å². The Labute approximate surface area is 120 Å². The van der Waals surface area contributed by atoms with E-state index in [1.54, 1.807) is 0 Å². The number of methoxy groups -OCH3 is 1. The zero-order valence-electron chi connectivity index (χ0n) is 11.5. The van der Waals surface area contributed by atoms with Crippen LogP contribution in [0.15, 0.2) is 18.2 Å². The first-order valence-electron chi connectivity index (χ1n) is 6.18. The van der Waals surface area contributed by atoms with Gasteiger partial charge in [0.25, 0.3) is 0 Å². The van der Waals surface area contributed by atoms with Gasteiger partial charge in [0.15, 0.2) is 0 Å². The minimum atomic E-state index is -1.42. The molecule has 1 rings (SSSR count). The van der Waals surface area contributed by atoms with Crippen molar-refractivity contribution in [2.75, 3.05) is 38.7 Å². The number of carboxylic acids is 1. The third kappa shape index (κ3) is 5.01. The number of benzene rings is 1. The maximum atomic E-state index is 13.3. The SMILES string of the molecule is COCCN(CCO)C(=O)Nc1ccc(F)c(C(=O)O)c1. The van der Waals surface area contributed by atoms with Crippen molar-refractivity contribution in [3.05, 3.63) is 29.6 Å². The van der Waals surface area contributed by atoms with E-state index in [1.807, 2.05) is 0 Å². The van der Waals surface area contributed by atoms with E-state index in [2.05, 4.69) is 5.32 Å². The Hall–Kier alpha value is -2.19. The van der Waals surface area contributed by atoms with E-state index in [1.165, 1.54) is 18.1 Å².